The highest BCUT2D eigenvalue weighted by Gasteiger charge is 2.26. The van der Waals surface area contributed by atoms with Gasteiger partial charge in [-0.05, 0) is 38.7 Å². The van der Waals surface area contributed by atoms with Crippen LogP contribution in [0.25, 0.3) is 22.3 Å². The topological polar surface area (TPSA) is 85.8 Å². The van der Waals surface area contributed by atoms with Crippen molar-refractivity contribution in [3.8, 4) is 11.1 Å². The lowest BCUT2D eigenvalue weighted by molar-refractivity contribution is -0.123. The molecule has 1 aliphatic rings. The molecule has 4 heterocycles. The smallest absolute Gasteiger partial charge is 0.220 e. The summed E-state index contributed by atoms with van der Waals surface area (Å²) in [5.74, 6) is 2.22. The molecular formula is C20H25N5O2. The largest absolute Gasteiger partial charge is 0.361 e. The molecule has 0 bridgehead atoms. The molecule has 3 aromatic heterocycles. The van der Waals surface area contributed by atoms with E-state index in [1.165, 1.54) is 0 Å². The van der Waals surface area contributed by atoms with Gasteiger partial charge in [-0.25, -0.2) is 9.97 Å². The zero-order chi connectivity index (χ0) is 19.1. The standard InChI is InChI=1S/C20H25N5O2/c1-11(2)10-25-19-16(23-20(25)15-6-5-7-17(26)22-15)8-14(9-21-19)18-12(3)24-27-13(18)4/h8-9,11,15H,5-7,10H2,1-4H3,(H,22,26)/t15-/m0/s1. The normalized spacial score (nSPS) is 17.7. The first-order valence-electron chi connectivity index (χ1n) is 9.53. The second-order valence-electron chi connectivity index (χ2n) is 7.75. The molecule has 0 radical (unpaired) electrons. The predicted molar refractivity (Wildman–Crippen MR) is 102 cm³/mol. The number of nitrogens with zero attached hydrogens (tertiary/aromatic N) is 4. The molecular weight excluding hydrogens is 342 g/mol. The molecule has 1 saturated heterocycles. The highest BCUT2D eigenvalue weighted by Crippen LogP contribution is 2.31. The van der Waals surface area contributed by atoms with E-state index in [1.807, 2.05) is 26.1 Å². The van der Waals surface area contributed by atoms with Crippen molar-refractivity contribution in [2.45, 2.75) is 59.5 Å². The van der Waals surface area contributed by atoms with E-state index < -0.39 is 0 Å². The quantitative estimate of drug-likeness (QED) is 0.760. The first-order chi connectivity index (χ1) is 12.9. The van der Waals surface area contributed by atoms with Crippen molar-refractivity contribution in [2.75, 3.05) is 0 Å². The summed E-state index contributed by atoms with van der Waals surface area (Å²) in [5, 5.41) is 7.13. The molecule has 7 heteroatoms. The minimum Gasteiger partial charge on any atom is -0.361 e. The number of hydrogen-bond acceptors (Lipinski definition) is 5. The molecule has 0 aliphatic carbocycles. The maximum Gasteiger partial charge on any atom is 0.220 e. The van der Waals surface area contributed by atoms with Gasteiger partial charge in [-0.2, -0.15) is 0 Å². The molecule has 1 N–H and O–H groups in total. The molecule has 0 aromatic carbocycles. The summed E-state index contributed by atoms with van der Waals surface area (Å²) in [6.07, 6.45) is 4.25. The van der Waals surface area contributed by atoms with Crippen LogP contribution in [0.3, 0.4) is 0 Å². The summed E-state index contributed by atoms with van der Waals surface area (Å²) < 4.78 is 7.46. The summed E-state index contributed by atoms with van der Waals surface area (Å²) >= 11 is 0. The fourth-order valence-corrected chi connectivity index (χ4v) is 3.87. The number of aromatic nitrogens is 4. The van der Waals surface area contributed by atoms with Crippen molar-refractivity contribution in [3.63, 3.8) is 0 Å². The Morgan fingerprint density at radius 1 is 1.37 bits per heavy atom. The Labute approximate surface area is 158 Å². The van der Waals surface area contributed by atoms with E-state index in [4.69, 9.17) is 14.5 Å². The SMILES string of the molecule is Cc1noc(C)c1-c1cnc2c(c1)nc([C@@H]1CCCC(=O)N1)n2CC(C)C. The van der Waals surface area contributed by atoms with Crippen molar-refractivity contribution in [3.05, 3.63) is 29.5 Å². The van der Waals surface area contributed by atoms with E-state index in [9.17, 15) is 4.79 Å². The highest BCUT2D eigenvalue weighted by atomic mass is 16.5. The number of carbonyl (C=O) groups is 1. The number of hydrogen-bond donors (Lipinski definition) is 1. The molecule has 0 unspecified atom stereocenters. The number of piperidine rings is 1. The average molecular weight is 367 g/mol. The second-order valence-corrected chi connectivity index (χ2v) is 7.75. The lowest BCUT2D eigenvalue weighted by atomic mass is 10.0. The Balaban J connectivity index is 1.83. The summed E-state index contributed by atoms with van der Waals surface area (Å²) in [6, 6.07) is 1.99. The minimum absolute atomic E-state index is 0.0540. The van der Waals surface area contributed by atoms with Crippen LogP contribution >= 0.6 is 0 Å². The van der Waals surface area contributed by atoms with E-state index in [1.54, 1.807) is 0 Å². The third kappa shape index (κ3) is 3.22. The summed E-state index contributed by atoms with van der Waals surface area (Å²) in [7, 11) is 0. The van der Waals surface area contributed by atoms with Gasteiger partial charge in [0.25, 0.3) is 0 Å². The molecule has 7 nitrogen and oxygen atoms in total. The van der Waals surface area contributed by atoms with Gasteiger partial charge < -0.3 is 14.4 Å². The summed E-state index contributed by atoms with van der Waals surface area (Å²) in [5.41, 5.74) is 4.45. The third-order valence-electron chi connectivity index (χ3n) is 5.03. The molecule has 1 atom stereocenters. The Bertz CT molecular complexity index is 982. The van der Waals surface area contributed by atoms with Crippen LogP contribution in [-0.4, -0.2) is 25.6 Å². The van der Waals surface area contributed by atoms with E-state index in [0.717, 1.165) is 59.0 Å². The van der Waals surface area contributed by atoms with E-state index in [-0.39, 0.29) is 11.9 Å². The van der Waals surface area contributed by atoms with Gasteiger partial charge in [-0.3, -0.25) is 4.79 Å². The number of aryl methyl sites for hydroxylation is 2. The zero-order valence-electron chi connectivity index (χ0n) is 16.2. The van der Waals surface area contributed by atoms with Crippen LogP contribution < -0.4 is 5.32 Å². The zero-order valence-corrected chi connectivity index (χ0v) is 16.2. The van der Waals surface area contributed by atoms with Gasteiger partial charge >= 0.3 is 0 Å². The molecule has 0 saturated carbocycles. The Kier molecular flexibility index (Phi) is 4.45. The predicted octanol–water partition coefficient (Wildman–Crippen LogP) is 3.70. The number of pyridine rings is 1. The van der Waals surface area contributed by atoms with Gasteiger partial charge in [0, 0.05) is 30.3 Å². The van der Waals surface area contributed by atoms with Crippen molar-refractivity contribution in [1.82, 2.24) is 25.0 Å². The third-order valence-corrected chi connectivity index (χ3v) is 5.03. The summed E-state index contributed by atoms with van der Waals surface area (Å²) in [4.78, 5) is 21.5. The number of amides is 1. The van der Waals surface area contributed by atoms with E-state index in [0.29, 0.717) is 12.3 Å². The molecule has 3 aromatic rings. The van der Waals surface area contributed by atoms with Gasteiger partial charge in [-0.15, -0.1) is 0 Å². The lowest BCUT2D eigenvalue weighted by Crippen LogP contribution is -2.34. The minimum atomic E-state index is -0.0540. The Morgan fingerprint density at radius 3 is 2.85 bits per heavy atom. The first kappa shape index (κ1) is 17.7. The number of nitrogens with one attached hydrogen (secondary N) is 1. The maximum absolute atomic E-state index is 11.9. The van der Waals surface area contributed by atoms with Crippen LogP contribution in [0.2, 0.25) is 0 Å². The van der Waals surface area contributed by atoms with Crippen LogP contribution in [0.5, 0.6) is 0 Å². The lowest BCUT2D eigenvalue weighted by Gasteiger charge is -2.24. The van der Waals surface area contributed by atoms with Crippen LogP contribution in [0, 0.1) is 19.8 Å². The maximum atomic E-state index is 11.9. The molecule has 27 heavy (non-hydrogen) atoms. The van der Waals surface area contributed by atoms with E-state index in [2.05, 4.69) is 28.9 Å². The van der Waals surface area contributed by atoms with Crippen LogP contribution in [-0.2, 0) is 11.3 Å². The fourth-order valence-electron chi connectivity index (χ4n) is 3.87. The fraction of sp³-hybridized carbons (Fsp3) is 0.500. The molecule has 0 spiro atoms. The first-order valence-corrected chi connectivity index (χ1v) is 9.53. The molecule has 142 valence electrons. The van der Waals surface area contributed by atoms with Gasteiger partial charge in [0.15, 0.2) is 5.65 Å². The number of imidazole rings is 1. The molecule has 4 rings (SSSR count). The second kappa shape index (κ2) is 6.79. The van der Waals surface area contributed by atoms with Crippen molar-refractivity contribution >= 4 is 17.1 Å². The van der Waals surface area contributed by atoms with Crippen molar-refractivity contribution in [2.24, 2.45) is 5.92 Å². The number of carbonyl (C=O) groups excluding carboxylic acids is 1. The van der Waals surface area contributed by atoms with Crippen LogP contribution in [0.15, 0.2) is 16.8 Å². The highest BCUT2D eigenvalue weighted by molar-refractivity contribution is 5.81. The van der Waals surface area contributed by atoms with Crippen molar-refractivity contribution in [1.29, 1.82) is 0 Å². The number of rotatable bonds is 4. The van der Waals surface area contributed by atoms with Crippen LogP contribution in [0.4, 0.5) is 0 Å². The number of fused-ring (bicyclic) bond motifs is 1. The molecule has 1 fully saturated rings. The monoisotopic (exact) mass is 367 g/mol. The van der Waals surface area contributed by atoms with Gasteiger partial charge in [0.1, 0.15) is 17.1 Å². The molecule has 1 aliphatic heterocycles. The van der Waals surface area contributed by atoms with Crippen molar-refractivity contribution < 1.29 is 9.32 Å². The van der Waals surface area contributed by atoms with Gasteiger partial charge in [0.05, 0.1) is 11.7 Å². The van der Waals surface area contributed by atoms with Gasteiger partial charge in [0.2, 0.25) is 5.91 Å². The Hall–Kier alpha value is -2.70. The molecule has 1 amide bonds. The van der Waals surface area contributed by atoms with E-state index >= 15 is 0 Å². The Morgan fingerprint density at radius 2 is 2.19 bits per heavy atom. The average Bonchev–Trinajstić information content (AvgIpc) is 3.14. The summed E-state index contributed by atoms with van der Waals surface area (Å²) in [6.45, 7) is 8.99. The van der Waals surface area contributed by atoms with Crippen LogP contribution in [0.1, 0.15) is 56.4 Å². The van der Waals surface area contributed by atoms with Gasteiger partial charge in [-0.1, -0.05) is 19.0 Å².